The van der Waals surface area contributed by atoms with Gasteiger partial charge in [0.1, 0.15) is 5.78 Å². The van der Waals surface area contributed by atoms with Crippen LogP contribution in [0.5, 0.6) is 0 Å². The Hall–Kier alpha value is -1.06. The Kier molecular flexibility index (Phi) is 1.89. The zero-order valence-electron chi connectivity index (χ0n) is 5.46. The van der Waals surface area contributed by atoms with Gasteiger partial charge >= 0.3 is 6.09 Å². The quantitative estimate of drug-likeness (QED) is 0.557. The minimum absolute atomic E-state index is 0.134. The standard InChI is InChI=1S/C6H9NO3/c8-5-2-1-4(3-5)7-6(9)10/h4,7H,1-3H2,(H,9,10)/t4-/m0/s1. The number of nitrogens with one attached hydrogen (secondary N) is 1. The van der Waals surface area contributed by atoms with Crippen LogP contribution in [0.25, 0.3) is 0 Å². The summed E-state index contributed by atoms with van der Waals surface area (Å²) in [6, 6.07) is -0.134. The molecule has 1 aliphatic carbocycles. The number of carboxylic acid groups (broad SMARTS) is 1. The summed E-state index contributed by atoms with van der Waals surface area (Å²) in [6.07, 6.45) is 0.502. The predicted molar refractivity (Wildman–Crippen MR) is 33.8 cm³/mol. The van der Waals surface area contributed by atoms with E-state index in [-0.39, 0.29) is 11.8 Å². The van der Waals surface area contributed by atoms with Crippen molar-refractivity contribution >= 4 is 11.9 Å². The number of rotatable bonds is 1. The second-order valence-electron chi connectivity index (χ2n) is 2.43. The number of carbonyl (C=O) groups is 2. The summed E-state index contributed by atoms with van der Waals surface area (Å²) in [6.45, 7) is 0. The summed E-state index contributed by atoms with van der Waals surface area (Å²) in [7, 11) is 0. The summed E-state index contributed by atoms with van der Waals surface area (Å²) in [4.78, 5) is 20.6. The molecule has 10 heavy (non-hydrogen) atoms. The van der Waals surface area contributed by atoms with E-state index in [2.05, 4.69) is 5.32 Å². The average molecular weight is 143 g/mol. The summed E-state index contributed by atoms with van der Waals surface area (Å²) in [5, 5.41) is 10.5. The van der Waals surface area contributed by atoms with Crippen molar-refractivity contribution in [2.75, 3.05) is 0 Å². The van der Waals surface area contributed by atoms with Gasteiger partial charge in [0.15, 0.2) is 0 Å². The minimum Gasteiger partial charge on any atom is -0.465 e. The molecule has 1 saturated carbocycles. The third kappa shape index (κ3) is 1.72. The van der Waals surface area contributed by atoms with Gasteiger partial charge in [0.2, 0.25) is 0 Å². The number of amides is 1. The highest BCUT2D eigenvalue weighted by molar-refractivity contribution is 5.82. The normalized spacial score (nSPS) is 24.8. The van der Waals surface area contributed by atoms with E-state index in [1.807, 2.05) is 0 Å². The molecule has 4 heteroatoms. The molecule has 0 radical (unpaired) electrons. The molecule has 0 heterocycles. The molecule has 0 aromatic carbocycles. The predicted octanol–water partition coefficient (Wildman–Crippen LogP) is 0.376. The number of hydrogen-bond acceptors (Lipinski definition) is 2. The van der Waals surface area contributed by atoms with Crippen LogP contribution in [0.15, 0.2) is 0 Å². The van der Waals surface area contributed by atoms with Gasteiger partial charge < -0.3 is 10.4 Å². The SMILES string of the molecule is O=C1CC[C@H](NC(=O)O)C1. The zero-order chi connectivity index (χ0) is 7.56. The molecule has 0 aromatic heterocycles. The van der Waals surface area contributed by atoms with Gasteiger partial charge in [0, 0.05) is 18.9 Å². The van der Waals surface area contributed by atoms with Crippen molar-refractivity contribution in [1.82, 2.24) is 5.32 Å². The van der Waals surface area contributed by atoms with Crippen molar-refractivity contribution in [1.29, 1.82) is 0 Å². The summed E-state index contributed by atoms with van der Waals surface area (Å²) in [5.74, 6) is 0.152. The second kappa shape index (κ2) is 2.68. The van der Waals surface area contributed by atoms with E-state index in [4.69, 9.17) is 5.11 Å². The van der Waals surface area contributed by atoms with Crippen LogP contribution >= 0.6 is 0 Å². The molecule has 0 bridgehead atoms. The molecular weight excluding hydrogens is 134 g/mol. The molecule has 0 saturated heterocycles. The molecule has 0 spiro atoms. The van der Waals surface area contributed by atoms with Crippen molar-refractivity contribution in [2.24, 2.45) is 0 Å². The maximum Gasteiger partial charge on any atom is 0.404 e. The fourth-order valence-corrected chi connectivity index (χ4v) is 1.11. The molecule has 0 aliphatic heterocycles. The highest BCUT2D eigenvalue weighted by Crippen LogP contribution is 2.13. The van der Waals surface area contributed by atoms with Gasteiger partial charge in [-0.15, -0.1) is 0 Å². The minimum atomic E-state index is -1.04. The molecule has 1 fully saturated rings. The number of hydrogen-bond donors (Lipinski definition) is 2. The first-order valence-electron chi connectivity index (χ1n) is 3.19. The van der Waals surface area contributed by atoms with Gasteiger partial charge in [0.25, 0.3) is 0 Å². The molecule has 4 nitrogen and oxygen atoms in total. The van der Waals surface area contributed by atoms with Crippen molar-refractivity contribution in [3.63, 3.8) is 0 Å². The lowest BCUT2D eigenvalue weighted by Crippen LogP contribution is -2.31. The van der Waals surface area contributed by atoms with Crippen LogP contribution in [0, 0.1) is 0 Å². The first kappa shape index (κ1) is 7.05. The third-order valence-corrected chi connectivity index (χ3v) is 1.57. The summed E-state index contributed by atoms with van der Waals surface area (Å²) < 4.78 is 0. The highest BCUT2D eigenvalue weighted by atomic mass is 16.4. The van der Waals surface area contributed by atoms with E-state index in [1.165, 1.54) is 0 Å². The average Bonchev–Trinajstić information content (AvgIpc) is 2.13. The summed E-state index contributed by atoms with van der Waals surface area (Å²) in [5.41, 5.74) is 0. The lowest BCUT2D eigenvalue weighted by atomic mass is 10.3. The molecule has 0 aromatic rings. The van der Waals surface area contributed by atoms with Crippen LogP contribution in [0.1, 0.15) is 19.3 Å². The van der Waals surface area contributed by atoms with E-state index in [0.717, 1.165) is 0 Å². The lowest BCUT2D eigenvalue weighted by molar-refractivity contribution is -0.117. The largest absolute Gasteiger partial charge is 0.465 e. The maximum absolute atomic E-state index is 10.6. The Bertz CT molecular complexity index is 166. The van der Waals surface area contributed by atoms with Crippen molar-refractivity contribution < 1.29 is 14.7 Å². The first-order chi connectivity index (χ1) is 4.68. The molecule has 0 unspecified atom stereocenters. The fourth-order valence-electron chi connectivity index (χ4n) is 1.11. The Balaban J connectivity index is 2.31. The van der Waals surface area contributed by atoms with Crippen LogP contribution < -0.4 is 5.32 Å². The maximum atomic E-state index is 10.6. The van der Waals surface area contributed by atoms with Crippen LogP contribution in [-0.4, -0.2) is 23.0 Å². The smallest absolute Gasteiger partial charge is 0.404 e. The highest BCUT2D eigenvalue weighted by Gasteiger charge is 2.22. The Labute approximate surface area is 58.2 Å². The molecular formula is C6H9NO3. The van der Waals surface area contributed by atoms with Gasteiger partial charge in [0.05, 0.1) is 0 Å². The van der Waals surface area contributed by atoms with E-state index >= 15 is 0 Å². The Morgan fingerprint density at radius 2 is 2.40 bits per heavy atom. The Morgan fingerprint density at radius 3 is 2.80 bits per heavy atom. The van der Waals surface area contributed by atoms with E-state index in [0.29, 0.717) is 19.3 Å². The fraction of sp³-hybridized carbons (Fsp3) is 0.667. The monoisotopic (exact) mass is 143 g/mol. The summed E-state index contributed by atoms with van der Waals surface area (Å²) >= 11 is 0. The van der Waals surface area contributed by atoms with Crippen molar-refractivity contribution in [3.05, 3.63) is 0 Å². The number of ketones is 1. The van der Waals surface area contributed by atoms with Gasteiger partial charge in [-0.05, 0) is 6.42 Å². The van der Waals surface area contributed by atoms with E-state index in [9.17, 15) is 9.59 Å². The number of Topliss-reactive ketones (excluding diaryl/α,β-unsaturated/α-hetero) is 1. The van der Waals surface area contributed by atoms with Gasteiger partial charge in [-0.25, -0.2) is 4.79 Å². The number of carbonyl (C=O) groups excluding carboxylic acids is 1. The lowest BCUT2D eigenvalue weighted by Gasteiger charge is -2.05. The van der Waals surface area contributed by atoms with Gasteiger partial charge in [-0.2, -0.15) is 0 Å². The second-order valence-corrected chi connectivity index (χ2v) is 2.43. The Morgan fingerprint density at radius 1 is 1.70 bits per heavy atom. The van der Waals surface area contributed by atoms with Crippen LogP contribution in [0.4, 0.5) is 4.79 Å². The van der Waals surface area contributed by atoms with E-state index in [1.54, 1.807) is 0 Å². The molecule has 1 amide bonds. The van der Waals surface area contributed by atoms with E-state index < -0.39 is 6.09 Å². The zero-order valence-corrected chi connectivity index (χ0v) is 5.46. The molecule has 1 aliphatic rings. The van der Waals surface area contributed by atoms with Gasteiger partial charge in [-0.1, -0.05) is 0 Å². The van der Waals surface area contributed by atoms with Crippen LogP contribution in [0.3, 0.4) is 0 Å². The van der Waals surface area contributed by atoms with Crippen LogP contribution in [0.2, 0.25) is 0 Å². The molecule has 1 rings (SSSR count). The van der Waals surface area contributed by atoms with Crippen molar-refractivity contribution in [2.45, 2.75) is 25.3 Å². The topological polar surface area (TPSA) is 66.4 Å². The molecule has 2 N–H and O–H groups in total. The first-order valence-corrected chi connectivity index (χ1v) is 3.19. The van der Waals surface area contributed by atoms with Crippen molar-refractivity contribution in [3.8, 4) is 0 Å². The van der Waals surface area contributed by atoms with Gasteiger partial charge in [-0.3, -0.25) is 4.79 Å². The van der Waals surface area contributed by atoms with Crippen LogP contribution in [-0.2, 0) is 4.79 Å². The molecule has 1 atom stereocenters. The molecule has 56 valence electrons. The third-order valence-electron chi connectivity index (χ3n) is 1.57.